The molecule has 2 aliphatic heterocycles. The molecule has 0 saturated carbocycles. The third kappa shape index (κ3) is 5.46. The van der Waals surface area contributed by atoms with Crippen molar-refractivity contribution in [2.24, 2.45) is 11.7 Å². The van der Waals surface area contributed by atoms with Crippen LogP contribution in [0, 0.1) is 5.92 Å². The van der Waals surface area contributed by atoms with E-state index in [0.717, 1.165) is 24.8 Å². The maximum atomic E-state index is 12.9. The van der Waals surface area contributed by atoms with E-state index in [1.54, 1.807) is 0 Å². The summed E-state index contributed by atoms with van der Waals surface area (Å²) in [5, 5.41) is 0. The van der Waals surface area contributed by atoms with E-state index in [1.807, 2.05) is 47.1 Å². The number of piperidine rings is 1. The van der Waals surface area contributed by atoms with E-state index >= 15 is 0 Å². The number of hydrogen-bond acceptors (Lipinski definition) is 4. The second-order valence-electron chi connectivity index (χ2n) is 7.57. The van der Waals surface area contributed by atoms with Crippen molar-refractivity contribution in [3.8, 4) is 0 Å². The van der Waals surface area contributed by atoms with Gasteiger partial charge in [-0.2, -0.15) is 0 Å². The summed E-state index contributed by atoms with van der Waals surface area (Å²) in [6.07, 6.45) is 3.14. The van der Waals surface area contributed by atoms with E-state index < -0.39 is 0 Å². The summed E-state index contributed by atoms with van der Waals surface area (Å²) in [4.78, 5) is 29.2. The zero-order chi connectivity index (χ0) is 19.2. The Kier molecular flexibility index (Phi) is 8.73. The monoisotopic (exact) mass is 409 g/mol. The molecule has 1 aromatic carbocycles. The van der Waals surface area contributed by atoms with Crippen LogP contribution in [0.15, 0.2) is 30.3 Å². The molecule has 2 unspecified atom stereocenters. The van der Waals surface area contributed by atoms with Crippen molar-refractivity contribution in [3.05, 3.63) is 35.9 Å². The van der Waals surface area contributed by atoms with Crippen LogP contribution in [0.1, 0.15) is 44.2 Å². The first-order valence-corrected chi connectivity index (χ1v) is 10.0. The smallest absolute Gasteiger partial charge is 0.227 e. The van der Waals surface area contributed by atoms with Crippen LogP contribution >= 0.6 is 12.4 Å². The van der Waals surface area contributed by atoms with Crippen molar-refractivity contribution in [2.45, 2.75) is 44.8 Å². The summed E-state index contributed by atoms with van der Waals surface area (Å²) in [5.74, 6) is -0.0328. The molecule has 0 spiro atoms. The predicted molar refractivity (Wildman–Crippen MR) is 111 cm³/mol. The van der Waals surface area contributed by atoms with Gasteiger partial charge in [-0.3, -0.25) is 9.59 Å². The Morgan fingerprint density at radius 3 is 2.57 bits per heavy atom. The van der Waals surface area contributed by atoms with Gasteiger partial charge in [-0.25, -0.2) is 0 Å². The fraction of sp³-hybridized carbons (Fsp3) is 0.619. The Bertz CT molecular complexity index is 635. The van der Waals surface area contributed by atoms with Gasteiger partial charge >= 0.3 is 0 Å². The lowest BCUT2D eigenvalue weighted by molar-refractivity contribution is -0.138. The minimum atomic E-state index is -0.224. The molecule has 2 aliphatic rings. The van der Waals surface area contributed by atoms with Crippen LogP contribution < -0.4 is 5.73 Å². The lowest BCUT2D eigenvalue weighted by Gasteiger charge is -2.33. The van der Waals surface area contributed by atoms with Crippen LogP contribution in [-0.2, 0) is 14.3 Å². The van der Waals surface area contributed by atoms with Crippen molar-refractivity contribution in [1.82, 2.24) is 9.80 Å². The molecule has 2 N–H and O–H groups in total. The fourth-order valence-corrected chi connectivity index (χ4v) is 4.02. The van der Waals surface area contributed by atoms with Crippen molar-refractivity contribution >= 4 is 24.2 Å². The number of hydrogen-bond donors (Lipinski definition) is 1. The van der Waals surface area contributed by atoms with Gasteiger partial charge in [-0.05, 0) is 38.3 Å². The summed E-state index contributed by atoms with van der Waals surface area (Å²) in [6, 6.07) is 9.99. The van der Waals surface area contributed by atoms with E-state index in [4.69, 9.17) is 10.5 Å². The SMILES string of the molecule is CC(c1ccccc1)N1CC(C(=O)N2CCC(OCCCN)CC2)CC1=O.Cl. The maximum Gasteiger partial charge on any atom is 0.227 e. The molecule has 0 aliphatic carbocycles. The minimum absolute atomic E-state index is 0. The lowest BCUT2D eigenvalue weighted by atomic mass is 10.0. The van der Waals surface area contributed by atoms with Crippen molar-refractivity contribution in [3.63, 3.8) is 0 Å². The maximum absolute atomic E-state index is 12.9. The molecule has 2 fully saturated rings. The number of ether oxygens (including phenoxy) is 1. The molecule has 6 nitrogen and oxygen atoms in total. The minimum Gasteiger partial charge on any atom is -0.378 e. The highest BCUT2D eigenvalue weighted by Gasteiger charge is 2.39. The summed E-state index contributed by atoms with van der Waals surface area (Å²) < 4.78 is 5.81. The van der Waals surface area contributed by atoms with E-state index in [0.29, 0.717) is 39.2 Å². The molecule has 1 aromatic rings. The molecule has 0 radical (unpaired) electrons. The average Bonchev–Trinajstić information content (AvgIpc) is 3.10. The van der Waals surface area contributed by atoms with Gasteiger partial charge in [-0.1, -0.05) is 30.3 Å². The molecule has 2 atom stereocenters. The summed E-state index contributed by atoms with van der Waals surface area (Å²) in [5.41, 5.74) is 6.60. The van der Waals surface area contributed by atoms with Crippen molar-refractivity contribution < 1.29 is 14.3 Å². The van der Waals surface area contributed by atoms with Gasteiger partial charge in [0.05, 0.1) is 18.1 Å². The van der Waals surface area contributed by atoms with Crippen molar-refractivity contribution in [1.29, 1.82) is 0 Å². The Labute approximate surface area is 173 Å². The quantitative estimate of drug-likeness (QED) is 0.701. The predicted octanol–water partition coefficient (Wildman–Crippen LogP) is 2.37. The molecule has 2 amide bonds. The molecule has 2 heterocycles. The van der Waals surface area contributed by atoms with Gasteiger partial charge in [0.2, 0.25) is 11.8 Å². The zero-order valence-electron chi connectivity index (χ0n) is 16.6. The van der Waals surface area contributed by atoms with Crippen LogP contribution in [0.2, 0.25) is 0 Å². The highest BCUT2D eigenvalue weighted by molar-refractivity contribution is 5.89. The molecule has 7 heteroatoms. The third-order valence-corrected chi connectivity index (χ3v) is 5.71. The highest BCUT2D eigenvalue weighted by Crippen LogP contribution is 2.30. The first-order chi connectivity index (χ1) is 13.1. The Balaban J connectivity index is 0.00000280. The average molecular weight is 410 g/mol. The lowest BCUT2D eigenvalue weighted by Crippen LogP contribution is -2.44. The molecular formula is C21H32ClN3O3. The number of carbonyl (C=O) groups excluding carboxylic acids is 2. The van der Waals surface area contributed by atoms with E-state index in [9.17, 15) is 9.59 Å². The largest absolute Gasteiger partial charge is 0.378 e. The van der Waals surface area contributed by atoms with Crippen LogP contribution in [0.4, 0.5) is 0 Å². The van der Waals surface area contributed by atoms with Gasteiger partial charge in [0.1, 0.15) is 0 Å². The highest BCUT2D eigenvalue weighted by atomic mass is 35.5. The number of nitrogens with zero attached hydrogens (tertiary/aromatic N) is 2. The number of rotatable bonds is 7. The van der Waals surface area contributed by atoms with Gasteiger partial charge in [0.25, 0.3) is 0 Å². The number of halogens is 1. The van der Waals surface area contributed by atoms with Gasteiger partial charge < -0.3 is 20.3 Å². The van der Waals surface area contributed by atoms with E-state index in [1.165, 1.54) is 0 Å². The molecule has 2 saturated heterocycles. The van der Waals surface area contributed by atoms with Crippen LogP contribution in [0.25, 0.3) is 0 Å². The zero-order valence-corrected chi connectivity index (χ0v) is 17.4. The summed E-state index contributed by atoms with van der Waals surface area (Å²) in [7, 11) is 0. The number of nitrogens with two attached hydrogens (primary N) is 1. The normalized spacial score (nSPS) is 21.5. The van der Waals surface area contributed by atoms with Crippen LogP contribution in [0.5, 0.6) is 0 Å². The number of likely N-dealkylation sites (tertiary alicyclic amines) is 2. The number of benzene rings is 1. The number of amides is 2. The van der Waals surface area contributed by atoms with Gasteiger partial charge in [0.15, 0.2) is 0 Å². The molecule has 0 aromatic heterocycles. The molecule has 0 bridgehead atoms. The first-order valence-electron chi connectivity index (χ1n) is 10.0. The second kappa shape index (κ2) is 10.8. The van der Waals surface area contributed by atoms with E-state index in [2.05, 4.69) is 0 Å². The van der Waals surface area contributed by atoms with Gasteiger partial charge in [0, 0.05) is 32.7 Å². The third-order valence-electron chi connectivity index (χ3n) is 5.71. The molecule has 156 valence electrons. The first kappa shape index (κ1) is 22.7. The van der Waals surface area contributed by atoms with Crippen molar-refractivity contribution in [2.75, 3.05) is 32.8 Å². The van der Waals surface area contributed by atoms with Crippen LogP contribution in [-0.4, -0.2) is 60.5 Å². The van der Waals surface area contributed by atoms with E-state index in [-0.39, 0.29) is 42.3 Å². The fourth-order valence-electron chi connectivity index (χ4n) is 4.02. The summed E-state index contributed by atoms with van der Waals surface area (Å²) in [6.45, 7) is 5.31. The topological polar surface area (TPSA) is 75.9 Å². The van der Waals surface area contributed by atoms with Gasteiger partial charge in [-0.15, -0.1) is 12.4 Å². The van der Waals surface area contributed by atoms with Crippen LogP contribution in [0.3, 0.4) is 0 Å². The second-order valence-corrected chi connectivity index (χ2v) is 7.57. The molecule has 3 rings (SSSR count). The number of carbonyl (C=O) groups is 2. The molecular weight excluding hydrogens is 378 g/mol. The summed E-state index contributed by atoms with van der Waals surface area (Å²) >= 11 is 0. The molecule has 28 heavy (non-hydrogen) atoms. The Hall–Kier alpha value is -1.63. The Morgan fingerprint density at radius 2 is 1.93 bits per heavy atom. The standard InChI is InChI=1S/C21H31N3O3.ClH/c1-16(17-6-3-2-4-7-17)24-15-18(14-20(24)25)21(26)23-11-8-19(9-12-23)27-13-5-10-22;/h2-4,6-7,16,18-19H,5,8-15,22H2,1H3;1H. The Morgan fingerprint density at radius 1 is 1.25 bits per heavy atom.